The van der Waals surface area contributed by atoms with Gasteiger partial charge in [-0.05, 0) is 12.1 Å². The van der Waals surface area contributed by atoms with Crippen LogP contribution in [0.4, 0.5) is 0 Å². The van der Waals surface area contributed by atoms with E-state index in [1.807, 2.05) is 6.07 Å². The van der Waals surface area contributed by atoms with Crippen molar-refractivity contribution >= 4 is 0 Å². The van der Waals surface area contributed by atoms with Crippen LogP contribution < -0.4 is 15.2 Å². The normalized spacial score (nSPS) is 12.2. The highest BCUT2D eigenvalue weighted by Gasteiger charge is 2.18. The van der Waals surface area contributed by atoms with Crippen molar-refractivity contribution in [1.82, 2.24) is 20.6 Å². The first-order chi connectivity index (χ1) is 8.26. The van der Waals surface area contributed by atoms with Gasteiger partial charge < -0.3 is 15.2 Å². The number of hydrogen-bond acceptors (Lipinski definition) is 6. The van der Waals surface area contributed by atoms with Gasteiger partial charge >= 0.3 is 0 Å². The molecule has 0 fully saturated rings. The van der Waals surface area contributed by atoms with Gasteiger partial charge in [-0.25, -0.2) is 0 Å². The van der Waals surface area contributed by atoms with E-state index in [9.17, 15) is 0 Å². The third kappa shape index (κ3) is 2.18. The van der Waals surface area contributed by atoms with Gasteiger partial charge in [0.15, 0.2) is 5.82 Å². The van der Waals surface area contributed by atoms with Crippen molar-refractivity contribution in [3.05, 3.63) is 29.6 Å². The zero-order chi connectivity index (χ0) is 12.3. The van der Waals surface area contributed by atoms with Crippen molar-refractivity contribution < 1.29 is 9.47 Å². The summed E-state index contributed by atoms with van der Waals surface area (Å²) in [5.41, 5.74) is 6.80. The van der Waals surface area contributed by atoms with E-state index in [1.54, 1.807) is 26.4 Å². The predicted octanol–water partition coefficient (Wildman–Crippen LogP) is 0.265. The number of nitrogens with one attached hydrogen (secondary N) is 1. The lowest BCUT2D eigenvalue weighted by molar-refractivity contribution is 0.389. The minimum atomic E-state index is -0.491. The van der Waals surface area contributed by atoms with E-state index in [0.717, 1.165) is 5.56 Å². The van der Waals surface area contributed by atoms with Crippen molar-refractivity contribution in [3.63, 3.8) is 0 Å². The molecule has 2 rings (SSSR count). The number of rotatable bonds is 4. The maximum Gasteiger partial charge on any atom is 0.195 e. The fourth-order valence-electron chi connectivity index (χ4n) is 1.52. The van der Waals surface area contributed by atoms with Crippen molar-refractivity contribution in [3.8, 4) is 11.5 Å². The monoisotopic (exact) mass is 235 g/mol. The molecule has 0 amide bonds. The van der Waals surface area contributed by atoms with E-state index in [1.165, 1.54) is 0 Å². The Kier molecular flexibility index (Phi) is 3.20. The summed E-state index contributed by atoms with van der Waals surface area (Å²) in [5.74, 6) is 1.74. The SMILES string of the molecule is COc1ccc(C(N)c2nn[nH]n2)c(OC)c1. The molecule has 0 saturated carbocycles. The highest BCUT2D eigenvalue weighted by atomic mass is 16.5. The van der Waals surface area contributed by atoms with Crippen LogP contribution in [-0.2, 0) is 0 Å². The van der Waals surface area contributed by atoms with E-state index >= 15 is 0 Å². The number of hydrogen-bond donors (Lipinski definition) is 2. The lowest BCUT2D eigenvalue weighted by Crippen LogP contribution is -2.15. The number of nitrogens with two attached hydrogens (primary N) is 1. The topological polar surface area (TPSA) is 98.9 Å². The van der Waals surface area contributed by atoms with Gasteiger partial charge in [0.1, 0.15) is 11.5 Å². The van der Waals surface area contributed by atoms with Crippen LogP contribution in [0.15, 0.2) is 18.2 Å². The summed E-state index contributed by atoms with van der Waals surface area (Å²) >= 11 is 0. The molecule has 2 aromatic rings. The summed E-state index contributed by atoms with van der Waals surface area (Å²) in [6.45, 7) is 0. The molecule has 90 valence electrons. The molecule has 17 heavy (non-hydrogen) atoms. The van der Waals surface area contributed by atoms with Gasteiger partial charge in [0.2, 0.25) is 0 Å². The van der Waals surface area contributed by atoms with Gasteiger partial charge in [-0.15, -0.1) is 10.2 Å². The van der Waals surface area contributed by atoms with Crippen LogP contribution >= 0.6 is 0 Å². The van der Waals surface area contributed by atoms with Crippen LogP contribution in [0.25, 0.3) is 0 Å². The minimum absolute atomic E-state index is 0.411. The first kappa shape index (κ1) is 11.3. The molecule has 0 aliphatic heterocycles. The van der Waals surface area contributed by atoms with E-state index in [2.05, 4.69) is 20.6 Å². The Morgan fingerprint density at radius 3 is 2.71 bits per heavy atom. The Morgan fingerprint density at radius 1 is 1.29 bits per heavy atom. The van der Waals surface area contributed by atoms with Crippen LogP contribution in [0.1, 0.15) is 17.4 Å². The molecule has 1 atom stereocenters. The number of aromatic amines is 1. The molecule has 0 aliphatic rings. The zero-order valence-electron chi connectivity index (χ0n) is 9.54. The average molecular weight is 235 g/mol. The van der Waals surface area contributed by atoms with Crippen molar-refractivity contribution in [2.45, 2.75) is 6.04 Å². The number of aromatic nitrogens is 4. The van der Waals surface area contributed by atoms with E-state index in [4.69, 9.17) is 15.2 Å². The molecule has 1 heterocycles. The smallest absolute Gasteiger partial charge is 0.195 e. The van der Waals surface area contributed by atoms with Gasteiger partial charge in [-0.1, -0.05) is 5.21 Å². The second-order valence-electron chi connectivity index (χ2n) is 3.36. The number of benzene rings is 1. The fraction of sp³-hybridized carbons (Fsp3) is 0.300. The molecule has 7 heteroatoms. The van der Waals surface area contributed by atoms with Crippen molar-refractivity contribution in [2.75, 3.05) is 14.2 Å². The first-order valence-corrected chi connectivity index (χ1v) is 4.97. The molecule has 0 spiro atoms. The molecule has 1 aromatic carbocycles. The highest BCUT2D eigenvalue weighted by Crippen LogP contribution is 2.30. The molecule has 3 N–H and O–H groups in total. The number of ether oxygens (including phenoxy) is 2. The molecule has 1 unspecified atom stereocenters. The fourth-order valence-corrected chi connectivity index (χ4v) is 1.52. The number of methoxy groups -OCH3 is 2. The second kappa shape index (κ2) is 4.79. The average Bonchev–Trinajstić information content (AvgIpc) is 2.91. The Balaban J connectivity index is 2.38. The van der Waals surface area contributed by atoms with Gasteiger partial charge in [0, 0.05) is 11.6 Å². The summed E-state index contributed by atoms with van der Waals surface area (Å²) in [6, 6.07) is 4.89. The minimum Gasteiger partial charge on any atom is -0.497 e. The van der Waals surface area contributed by atoms with Crippen LogP contribution in [0.3, 0.4) is 0 Å². The Hall–Kier alpha value is -2.15. The molecular formula is C10H13N5O2. The predicted molar refractivity (Wildman–Crippen MR) is 59.8 cm³/mol. The molecule has 0 aliphatic carbocycles. The summed E-state index contributed by atoms with van der Waals surface area (Å²) in [4.78, 5) is 0. The Labute approximate surface area is 97.9 Å². The Morgan fingerprint density at radius 2 is 2.12 bits per heavy atom. The van der Waals surface area contributed by atoms with Crippen LogP contribution in [-0.4, -0.2) is 34.8 Å². The van der Waals surface area contributed by atoms with E-state index in [-0.39, 0.29) is 0 Å². The molecule has 1 aromatic heterocycles. The summed E-state index contributed by atoms with van der Waals surface area (Å²) in [6.07, 6.45) is 0. The van der Waals surface area contributed by atoms with Crippen LogP contribution in [0, 0.1) is 0 Å². The maximum absolute atomic E-state index is 6.02. The number of tetrazole rings is 1. The summed E-state index contributed by atoms with van der Waals surface area (Å²) in [5, 5.41) is 13.5. The van der Waals surface area contributed by atoms with Crippen molar-refractivity contribution in [1.29, 1.82) is 0 Å². The number of nitrogens with zero attached hydrogens (tertiary/aromatic N) is 3. The van der Waals surface area contributed by atoms with E-state index in [0.29, 0.717) is 17.3 Å². The summed E-state index contributed by atoms with van der Waals surface area (Å²) < 4.78 is 10.4. The third-order valence-electron chi connectivity index (χ3n) is 2.42. The molecule has 7 nitrogen and oxygen atoms in total. The number of H-pyrrole nitrogens is 1. The van der Waals surface area contributed by atoms with Gasteiger partial charge in [-0.2, -0.15) is 5.21 Å². The molecule has 0 bridgehead atoms. The van der Waals surface area contributed by atoms with Crippen LogP contribution in [0.5, 0.6) is 11.5 Å². The molecular weight excluding hydrogens is 222 g/mol. The maximum atomic E-state index is 6.02. The van der Waals surface area contributed by atoms with Gasteiger partial charge in [0.25, 0.3) is 0 Å². The Bertz CT molecular complexity index is 485. The molecule has 0 saturated heterocycles. The summed E-state index contributed by atoms with van der Waals surface area (Å²) in [7, 11) is 3.16. The van der Waals surface area contributed by atoms with Crippen LogP contribution in [0.2, 0.25) is 0 Å². The van der Waals surface area contributed by atoms with E-state index < -0.39 is 6.04 Å². The zero-order valence-corrected chi connectivity index (χ0v) is 9.54. The lowest BCUT2D eigenvalue weighted by atomic mass is 10.1. The second-order valence-corrected chi connectivity index (χ2v) is 3.36. The quantitative estimate of drug-likeness (QED) is 0.788. The standard InChI is InChI=1S/C10H13N5O2/c1-16-6-3-4-7(8(5-6)17-2)9(11)10-12-14-15-13-10/h3-5,9H,11H2,1-2H3,(H,12,13,14,15). The van der Waals surface area contributed by atoms with Gasteiger partial charge in [0.05, 0.1) is 20.3 Å². The lowest BCUT2D eigenvalue weighted by Gasteiger charge is -2.13. The third-order valence-corrected chi connectivity index (χ3v) is 2.42. The van der Waals surface area contributed by atoms with Gasteiger partial charge in [-0.3, -0.25) is 0 Å². The largest absolute Gasteiger partial charge is 0.497 e. The van der Waals surface area contributed by atoms with Crippen molar-refractivity contribution in [2.24, 2.45) is 5.73 Å². The molecule has 0 radical (unpaired) electrons. The highest BCUT2D eigenvalue weighted by molar-refractivity contribution is 5.44. The first-order valence-electron chi connectivity index (χ1n) is 4.97.